The van der Waals surface area contributed by atoms with E-state index in [0.717, 1.165) is 23.3 Å². The van der Waals surface area contributed by atoms with E-state index in [4.69, 9.17) is 0 Å². The first-order valence-electron chi connectivity index (χ1n) is 7.58. The van der Waals surface area contributed by atoms with Crippen molar-refractivity contribution in [1.82, 2.24) is 4.72 Å². The van der Waals surface area contributed by atoms with Gasteiger partial charge in [0.2, 0.25) is 10.0 Å². The molecule has 0 aromatic heterocycles. The molecule has 1 atom stereocenters. The molecule has 1 N–H and O–H groups in total. The quantitative estimate of drug-likeness (QED) is 0.891. The fourth-order valence-corrected chi connectivity index (χ4v) is 3.53. The molecular formula is C18H21F2NO2S. The minimum Gasteiger partial charge on any atom is -0.207 e. The maximum absolute atomic E-state index is 13.3. The first-order chi connectivity index (χ1) is 11.0. The van der Waals surface area contributed by atoms with Gasteiger partial charge in [0.1, 0.15) is 0 Å². The van der Waals surface area contributed by atoms with Gasteiger partial charge in [-0.3, -0.25) is 0 Å². The lowest BCUT2D eigenvalue weighted by atomic mass is 9.86. The molecule has 1 unspecified atom stereocenters. The molecule has 0 saturated carbocycles. The number of halogens is 2. The van der Waals surface area contributed by atoms with Crippen LogP contribution in [-0.2, 0) is 15.4 Å². The van der Waals surface area contributed by atoms with Crippen molar-refractivity contribution < 1.29 is 17.2 Å². The Morgan fingerprint density at radius 1 is 0.958 bits per heavy atom. The van der Waals surface area contributed by atoms with Crippen LogP contribution in [0, 0.1) is 11.6 Å². The van der Waals surface area contributed by atoms with Crippen molar-refractivity contribution in [3.05, 3.63) is 65.2 Å². The third kappa shape index (κ3) is 4.19. The second-order valence-corrected chi connectivity index (χ2v) is 8.50. The van der Waals surface area contributed by atoms with Crippen LogP contribution < -0.4 is 4.72 Å². The van der Waals surface area contributed by atoms with Gasteiger partial charge in [-0.05, 0) is 41.7 Å². The van der Waals surface area contributed by atoms with Crippen LogP contribution in [0.5, 0.6) is 0 Å². The van der Waals surface area contributed by atoms with Gasteiger partial charge in [-0.1, -0.05) is 45.0 Å². The van der Waals surface area contributed by atoms with Gasteiger partial charge in [-0.15, -0.1) is 0 Å². The number of benzene rings is 2. The lowest BCUT2D eigenvalue weighted by molar-refractivity contribution is 0.503. The summed E-state index contributed by atoms with van der Waals surface area (Å²) in [7, 11) is -3.94. The predicted molar refractivity (Wildman–Crippen MR) is 90.2 cm³/mol. The number of rotatable bonds is 4. The average molecular weight is 353 g/mol. The Balaban J connectivity index is 2.21. The zero-order chi connectivity index (χ0) is 18.1. The fourth-order valence-electron chi connectivity index (χ4n) is 2.28. The lowest BCUT2D eigenvalue weighted by Crippen LogP contribution is -2.27. The largest absolute Gasteiger partial charge is 0.241 e. The summed E-state index contributed by atoms with van der Waals surface area (Å²) in [6, 6.07) is 9.64. The Morgan fingerprint density at radius 2 is 1.54 bits per heavy atom. The predicted octanol–water partition coefficient (Wildman–Crippen LogP) is 4.30. The normalized spacial score (nSPS) is 13.8. The van der Waals surface area contributed by atoms with E-state index in [1.807, 2.05) is 24.3 Å². The van der Waals surface area contributed by atoms with Crippen LogP contribution in [0.3, 0.4) is 0 Å². The molecule has 0 radical (unpaired) electrons. The van der Waals surface area contributed by atoms with Crippen LogP contribution in [0.4, 0.5) is 8.78 Å². The van der Waals surface area contributed by atoms with E-state index in [-0.39, 0.29) is 10.3 Å². The Bertz CT molecular complexity index is 825. The van der Waals surface area contributed by atoms with Gasteiger partial charge in [0.05, 0.1) is 4.90 Å². The average Bonchev–Trinajstić information content (AvgIpc) is 2.48. The molecule has 2 aromatic carbocycles. The molecule has 0 spiro atoms. The summed E-state index contributed by atoms with van der Waals surface area (Å²) >= 11 is 0. The summed E-state index contributed by atoms with van der Waals surface area (Å²) in [5.74, 6) is -2.28. The van der Waals surface area contributed by atoms with Gasteiger partial charge >= 0.3 is 0 Å². The van der Waals surface area contributed by atoms with Gasteiger partial charge < -0.3 is 0 Å². The Hall–Kier alpha value is -1.79. The fraction of sp³-hybridized carbons (Fsp3) is 0.333. The Labute approximate surface area is 141 Å². The minimum atomic E-state index is -3.94. The SMILES string of the molecule is CC(NS(=O)(=O)c1ccc(F)c(F)c1)c1ccc(C(C)(C)C)cc1. The van der Waals surface area contributed by atoms with Crippen LogP contribution in [0.1, 0.15) is 44.9 Å². The molecule has 0 fully saturated rings. The number of hydrogen-bond donors (Lipinski definition) is 1. The van der Waals surface area contributed by atoms with E-state index in [9.17, 15) is 17.2 Å². The molecule has 3 nitrogen and oxygen atoms in total. The topological polar surface area (TPSA) is 46.2 Å². The zero-order valence-corrected chi connectivity index (χ0v) is 14.9. The lowest BCUT2D eigenvalue weighted by Gasteiger charge is -2.20. The summed E-state index contributed by atoms with van der Waals surface area (Å²) in [4.78, 5) is -0.306. The molecule has 24 heavy (non-hydrogen) atoms. The first kappa shape index (κ1) is 18.5. The molecule has 130 valence electrons. The summed E-state index contributed by atoms with van der Waals surface area (Å²) in [6.07, 6.45) is 0. The maximum atomic E-state index is 13.3. The highest BCUT2D eigenvalue weighted by atomic mass is 32.2. The molecule has 2 rings (SSSR count). The zero-order valence-electron chi connectivity index (χ0n) is 14.1. The Morgan fingerprint density at radius 3 is 2.04 bits per heavy atom. The summed E-state index contributed by atoms with van der Waals surface area (Å²) in [6.45, 7) is 7.98. The third-order valence-corrected chi connectivity index (χ3v) is 5.35. The highest BCUT2D eigenvalue weighted by Crippen LogP contribution is 2.24. The van der Waals surface area contributed by atoms with Crippen molar-refractivity contribution in [3.8, 4) is 0 Å². The molecule has 6 heteroatoms. The van der Waals surface area contributed by atoms with Crippen molar-refractivity contribution in [2.24, 2.45) is 0 Å². The van der Waals surface area contributed by atoms with Crippen LogP contribution in [0.25, 0.3) is 0 Å². The number of hydrogen-bond acceptors (Lipinski definition) is 2. The summed E-state index contributed by atoms with van der Waals surface area (Å²) in [5, 5.41) is 0. The maximum Gasteiger partial charge on any atom is 0.241 e. The molecule has 0 aliphatic carbocycles. The van der Waals surface area contributed by atoms with Crippen LogP contribution in [-0.4, -0.2) is 8.42 Å². The van der Waals surface area contributed by atoms with E-state index in [0.29, 0.717) is 6.07 Å². The van der Waals surface area contributed by atoms with Gasteiger partial charge in [0, 0.05) is 6.04 Å². The van der Waals surface area contributed by atoms with Crippen LogP contribution in [0.15, 0.2) is 47.4 Å². The highest BCUT2D eigenvalue weighted by molar-refractivity contribution is 7.89. The van der Waals surface area contributed by atoms with Gasteiger partial charge in [-0.2, -0.15) is 0 Å². The first-order valence-corrected chi connectivity index (χ1v) is 9.07. The molecule has 0 bridgehead atoms. The molecule has 0 heterocycles. The number of nitrogens with one attached hydrogen (secondary N) is 1. The molecule has 0 saturated heterocycles. The summed E-state index contributed by atoms with van der Waals surface area (Å²) in [5.41, 5.74) is 1.93. The van der Waals surface area contributed by atoms with E-state index in [1.165, 1.54) is 0 Å². The van der Waals surface area contributed by atoms with E-state index in [2.05, 4.69) is 25.5 Å². The monoisotopic (exact) mass is 353 g/mol. The van der Waals surface area contributed by atoms with Gasteiger partial charge in [0.15, 0.2) is 11.6 Å². The standard InChI is InChI=1S/C18H21F2NO2S/c1-12(13-5-7-14(8-6-13)18(2,3)4)21-24(22,23)15-9-10-16(19)17(20)11-15/h5-12,21H,1-4H3. The summed E-state index contributed by atoms with van der Waals surface area (Å²) < 4.78 is 53.3. The van der Waals surface area contributed by atoms with Crippen molar-refractivity contribution >= 4 is 10.0 Å². The van der Waals surface area contributed by atoms with E-state index in [1.54, 1.807) is 6.92 Å². The van der Waals surface area contributed by atoms with Crippen LogP contribution in [0.2, 0.25) is 0 Å². The van der Waals surface area contributed by atoms with Crippen molar-refractivity contribution in [1.29, 1.82) is 0 Å². The second kappa shape index (κ2) is 6.61. The highest BCUT2D eigenvalue weighted by Gasteiger charge is 2.20. The van der Waals surface area contributed by atoms with Gasteiger partial charge in [0.25, 0.3) is 0 Å². The molecule has 0 amide bonds. The number of sulfonamides is 1. The van der Waals surface area contributed by atoms with Crippen molar-refractivity contribution in [3.63, 3.8) is 0 Å². The van der Waals surface area contributed by atoms with E-state index >= 15 is 0 Å². The molecule has 0 aliphatic heterocycles. The van der Waals surface area contributed by atoms with Crippen molar-refractivity contribution in [2.45, 2.75) is 44.0 Å². The smallest absolute Gasteiger partial charge is 0.207 e. The van der Waals surface area contributed by atoms with E-state index < -0.39 is 27.7 Å². The van der Waals surface area contributed by atoms with Crippen LogP contribution >= 0.6 is 0 Å². The molecule has 2 aromatic rings. The van der Waals surface area contributed by atoms with Crippen molar-refractivity contribution in [2.75, 3.05) is 0 Å². The third-order valence-electron chi connectivity index (χ3n) is 3.81. The molecule has 0 aliphatic rings. The van der Waals surface area contributed by atoms with Gasteiger partial charge in [-0.25, -0.2) is 21.9 Å². The Kier molecular flexibility index (Phi) is 5.11. The molecular weight excluding hydrogens is 332 g/mol. The second-order valence-electron chi connectivity index (χ2n) is 6.79. The minimum absolute atomic E-state index is 0.00686.